The molecule has 0 saturated heterocycles. The predicted octanol–water partition coefficient (Wildman–Crippen LogP) is 5.10. The molecule has 166 valence electrons. The lowest BCUT2D eigenvalue weighted by molar-refractivity contribution is -0.922. The van der Waals surface area contributed by atoms with Crippen molar-refractivity contribution in [3.8, 4) is 17.2 Å². The topological polar surface area (TPSA) is 44.8 Å². The summed E-state index contributed by atoms with van der Waals surface area (Å²) in [5, 5.41) is 0. The molecule has 1 atom stereocenters. The number of methoxy groups -OCH3 is 1. The lowest BCUT2D eigenvalue weighted by Crippen LogP contribution is -2.48. The number of carbonyl (C=O) groups is 1. The number of hydrogen-bond acceptors (Lipinski definition) is 4. The molecular formula is C26H34NO4+. The van der Waals surface area contributed by atoms with Gasteiger partial charge in [-0.3, -0.25) is 4.79 Å². The van der Waals surface area contributed by atoms with Crippen LogP contribution in [0.3, 0.4) is 0 Å². The summed E-state index contributed by atoms with van der Waals surface area (Å²) in [6.07, 6.45) is 6.10. The molecule has 2 aliphatic rings. The van der Waals surface area contributed by atoms with Crippen molar-refractivity contribution in [2.45, 2.75) is 51.5 Å². The fourth-order valence-electron chi connectivity index (χ4n) is 4.85. The minimum Gasteiger partial charge on any atom is -0.492 e. The Kier molecular flexibility index (Phi) is 6.24. The van der Waals surface area contributed by atoms with Crippen molar-refractivity contribution in [3.05, 3.63) is 52.6 Å². The molecule has 0 fully saturated rings. The maximum absolute atomic E-state index is 13.3. The first kappa shape index (κ1) is 21.7. The average molecular weight is 425 g/mol. The van der Waals surface area contributed by atoms with Crippen molar-refractivity contribution in [1.82, 2.24) is 0 Å². The van der Waals surface area contributed by atoms with Crippen LogP contribution < -0.4 is 14.2 Å². The Morgan fingerprint density at radius 1 is 1.16 bits per heavy atom. The van der Waals surface area contributed by atoms with E-state index in [0.29, 0.717) is 12.2 Å². The highest BCUT2D eigenvalue weighted by molar-refractivity contribution is 5.96. The zero-order valence-corrected chi connectivity index (χ0v) is 19.2. The van der Waals surface area contributed by atoms with Gasteiger partial charge in [-0.15, -0.1) is 0 Å². The van der Waals surface area contributed by atoms with Crippen molar-refractivity contribution in [1.29, 1.82) is 0 Å². The summed E-state index contributed by atoms with van der Waals surface area (Å²) in [5.41, 5.74) is 4.37. The normalized spacial score (nSPS) is 18.5. The van der Waals surface area contributed by atoms with Crippen LogP contribution in [0.4, 0.5) is 0 Å². The van der Waals surface area contributed by atoms with Gasteiger partial charge in [-0.1, -0.05) is 44.0 Å². The molecule has 0 radical (unpaired) electrons. The van der Waals surface area contributed by atoms with Gasteiger partial charge in [0, 0.05) is 12.0 Å². The maximum atomic E-state index is 13.3. The van der Waals surface area contributed by atoms with Gasteiger partial charge in [-0.25, -0.2) is 0 Å². The Balaban J connectivity index is 1.60. The molecule has 5 nitrogen and oxygen atoms in total. The van der Waals surface area contributed by atoms with E-state index < -0.39 is 0 Å². The Morgan fingerprint density at radius 3 is 2.65 bits per heavy atom. The average Bonchev–Trinajstić information content (AvgIpc) is 3.23. The third-order valence-electron chi connectivity index (χ3n) is 6.81. The largest absolute Gasteiger partial charge is 0.492 e. The van der Waals surface area contributed by atoms with Gasteiger partial charge >= 0.3 is 0 Å². The number of unbranched alkanes of at least 4 members (excludes halogenated alkanes) is 2. The monoisotopic (exact) mass is 424 g/mol. The van der Waals surface area contributed by atoms with E-state index in [0.717, 1.165) is 46.5 Å². The van der Waals surface area contributed by atoms with Crippen LogP contribution in [0.15, 0.2) is 30.3 Å². The second kappa shape index (κ2) is 8.91. The number of fused-ring (bicyclic) bond motifs is 2. The van der Waals surface area contributed by atoms with Gasteiger partial charge in [0.1, 0.15) is 6.04 Å². The molecule has 31 heavy (non-hydrogen) atoms. The van der Waals surface area contributed by atoms with Crippen LogP contribution in [-0.2, 0) is 12.8 Å². The van der Waals surface area contributed by atoms with Crippen LogP contribution in [-0.4, -0.2) is 44.8 Å². The molecule has 0 unspecified atom stereocenters. The third kappa shape index (κ3) is 4.29. The summed E-state index contributed by atoms with van der Waals surface area (Å²) in [5.74, 6) is 2.30. The van der Waals surface area contributed by atoms with E-state index >= 15 is 0 Å². The molecule has 2 aliphatic heterocycles. The molecule has 0 amide bonds. The second-order valence-corrected chi connectivity index (χ2v) is 9.27. The summed E-state index contributed by atoms with van der Waals surface area (Å²) >= 11 is 0. The zero-order valence-electron chi connectivity index (χ0n) is 19.2. The molecule has 0 bridgehead atoms. The van der Waals surface area contributed by atoms with Gasteiger partial charge in [0.25, 0.3) is 0 Å². The summed E-state index contributed by atoms with van der Waals surface area (Å²) < 4.78 is 17.9. The number of nitrogens with zero attached hydrogens (tertiary/aromatic N) is 1. The van der Waals surface area contributed by atoms with E-state index in [-0.39, 0.29) is 18.6 Å². The van der Waals surface area contributed by atoms with E-state index in [1.54, 1.807) is 7.11 Å². The molecule has 2 aromatic carbocycles. The number of aryl methyl sites for hydroxylation is 1. The molecule has 0 aromatic heterocycles. The Morgan fingerprint density at radius 2 is 1.94 bits per heavy atom. The minimum atomic E-state index is 0.00457. The zero-order chi connectivity index (χ0) is 22.0. The summed E-state index contributed by atoms with van der Waals surface area (Å²) in [4.78, 5) is 13.3. The number of Topliss-reactive ketones (excluding diaryl/α,β-unsaturated/α-hetero) is 1. The first-order valence-corrected chi connectivity index (χ1v) is 11.4. The Bertz CT molecular complexity index is 949. The smallest absolute Gasteiger partial charge is 0.231 e. The van der Waals surface area contributed by atoms with Crippen molar-refractivity contribution in [3.63, 3.8) is 0 Å². The Hall–Kier alpha value is -2.53. The fourth-order valence-corrected chi connectivity index (χ4v) is 4.85. The van der Waals surface area contributed by atoms with Crippen molar-refractivity contribution < 1.29 is 23.5 Å². The van der Waals surface area contributed by atoms with Gasteiger partial charge in [0.05, 0.1) is 39.7 Å². The summed E-state index contributed by atoms with van der Waals surface area (Å²) in [7, 11) is 6.06. The molecule has 0 aliphatic carbocycles. The molecule has 4 rings (SSSR count). The van der Waals surface area contributed by atoms with Crippen LogP contribution >= 0.6 is 0 Å². The molecule has 2 heterocycles. The first-order chi connectivity index (χ1) is 14.9. The van der Waals surface area contributed by atoms with Crippen LogP contribution in [0.5, 0.6) is 17.2 Å². The SMILES string of the molecule is CCCCCc1ccc(C(=O)C[C@@H]2c3c(cc4c(c3OC)OCO4)CC[N+]2(C)C)cc1. The first-order valence-electron chi connectivity index (χ1n) is 11.4. The molecule has 0 spiro atoms. The predicted molar refractivity (Wildman–Crippen MR) is 121 cm³/mol. The van der Waals surface area contributed by atoms with Crippen LogP contribution in [0.1, 0.15) is 65.7 Å². The van der Waals surface area contributed by atoms with Crippen LogP contribution in [0, 0.1) is 0 Å². The molecule has 0 N–H and O–H groups in total. The lowest BCUT2D eigenvalue weighted by atomic mass is 9.85. The fraction of sp³-hybridized carbons (Fsp3) is 0.500. The molecule has 0 saturated carbocycles. The highest BCUT2D eigenvalue weighted by Gasteiger charge is 2.42. The highest BCUT2D eigenvalue weighted by atomic mass is 16.7. The molecule has 2 aromatic rings. The van der Waals surface area contributed by atoms with E-state index in [2.05, 4.69) is 39.2 Å². The number of likely N-dealkylation sites (N-methyl/N-ethyl adjacent to an activating group) is 1. The number of rotatable bonds is 8. The van der Waals surface area contributed by atoms with Gasteiger partial charge in [0.2, 0.25) is 12.5 Å². The van der Waals surface area contributed by atoms with Crippen molar-refractivity contribution >= 4 is 5.78 Å². The van der Waals surface area contributed by atoms with Crippen LogP contribution in [0.2, 0.25) is 0 Å². The van der Waals surface area contributed by atoms with Crippen molar-refractivity contribution in [2.75, 3.05) is 34.5 Å². The quantitative estimate of drug-likeness (QED) is 0.336. The number of ketones is 1. The maximum Gasteiger partial charge on any atom is 0.231 e. The standard InChI is InChI=1S/C26H34NO4/c1-5-6-7-8-18-9-11-19(12-10-18)22(28)16-21-24-20(13-14-27(21,2)3)15-23-25(26(24)29-4)31-17-30-23/h9-12,15,21H,5-8,13-14,16-17H2,1-4H3/q+1/t21-/m1/s1. The van der Waals surface area contributed by atoms with Crippen LogP contribution in [0.25, 0.3) is 0 Å². The molecule has 5 heteroatoms. The number of ether oxygens (including phenoxy) is 3. The summed E-state index contributed by atoms with van der Waals surface area (Å²) in [6.45, 7) is 3.39. The number of carbonyl (C=O) groups excluding carboxylic acids is 1. The van der Waals surface area contributed by atoms with Gasteiger partial charge in [0.15, 0.2) is 17.3 Å². The minimum absolute atomic E-state index is 0.00457. The summed E-state index contributed by atoms with van der Waals surface area (Å²) in [6, 6.07) is 10.3. The number of hydrogen-bond donors (Lipinski definition) is 0. The van der Waals surface area contributed by atoms with E-state index in [9.17, 15) is 4.79 Å². The number of quaternary nitrogens is 1. The van der Waals surface area contributed by atoms with Crippen molar-refractivity contribution in [2.24, 2.45) is 0 Å². The van der Waals surface area contributed by atoms with Gasteiger partial charge in [-0.2, -0.15) is 0 Å². The second-order valence-electron chi connectivity index (χ2n) is 9.27. The number of benzene rings is 2. The van der Waals surface area contributed by atoms with E-state index in [1.807, 2.05) is 12.1 Å². The van der Waals surface area contributed by atoms with E-state index in [1.165, 1.54) is 30.4 Å². The Labute approximate surface area is 185 Å². The molecular weight excluding hydrogens is 390 g/mol. The lowest BCUT2D eigenvalue weighted by Gasteiger charge is -2.43. The van der Waals surface area contributed by atoms with E-state index in [4.69, 9.17) is 14.2 Å². The highest BCUT2D eigenvalue weighted by Crippen LogP contribution is 2.51. The van der Waals surface area contributed by atoms with Gasteiger partial charge in [-0.05, 0) is 30.0 Å². The van der Waals surface area contributed by atoms with Gasteiger partial charge < -0.3 is 18.7 Å². The third-order valence-corrected chi connectivity index (χ3v) is 6.81.